The highest BCUT2D eigenvalue weighted by Crippen LogP contribution is 2.45. The third kappa shape index (κ3) is 5.24. The minimum atomic E-state index is -4.58. The van der Waals surface area contributed by atoms with E-state index in [4.69, 9.17) is 0 Å². The number of hydrogen-bond acceptors (Lipinski definition) is 3. The van der Waals surface area contributed by atoms with Crippen molar-refractivity contribution in [3.05, 3.63) is 83.0 Å². The zero-order valence-corrected chi connectivity index (χ0v) is 20.3. The fraction of sp³-hybridized carbons (Fsp3) is 0.407. The maximum atomic E-state index is 14.0. The highest BCUT2D eigenvalue weighted by molar-refractivity contribution is 6.01. The van der Waals surface area contributed by atoms with Crippen molar-refractivity contribution in [1.82, 2.24) is 9.78 Å². The van der Waals surface area contributed by atoms with E-state index in [1.165, 1.54) is 12.1 Å². The summed E-state index contributed by atoms with van der Waals surface area (Å²) in [5.74, 6) is -0.423. The highest BCUT2D eigenvalue weighted by Gasteiger charge is 2.47. The fourth-order valence-corrected chi connectivity index (χ4v) is 5.10. The number of carbonyl (C=O) groups is 1. The summed E-state index contributed by atoms with van der Waals surface area (Å²) in [6.07, 6.45) is -7.37. The van der Waals surface area contributed by atoms with Gasteiger partial charge < -0.3 is 5.32 Å². The Bertz CT molecular complexity index is 1230. The number of halogens is 6. The van der Waals surface area contributed by atoms with Crippen LogP contribution in [0.3, 0.4) is 0 Å². The molecule has 0 aliphatic carbocycles. The van der Waals surface area contributed by atoms with Crippen molar-refractivity contribution in [2.45, 2.75) is 69.4 Å². The Labute approximate surface area is 210 Å². The molecule has 0 amide bonds. The van der Waals surface area contributed by atoms with Crippen LogP contribution in [0, 0.1) is 0 Å². The average molecular weight is 524 g/mol. The largest absolute Gasteiger partial charge is 0.416 e. The summed E-state index contributed by atoms with van der Waals surface area (Å²) in [5.41, 5.74) is -0.309. The molecule has 4 rings (SSSR count). The molecular weight excluding hydrogens is 496 g/mol. The predicted molar refractivity (Wildman–Crippen MR) is 127 cm³/mol. The number of rotatable bonds is 7. The minimum absolute atomic E-state index is 0.000883. The molecule has 1 N–H and O–H groups in total. The topological polar surface area (TPSA) is 46.9 Å². The molecule has 0 fully saturated rings. The number of nitrogens with zero attached hydrogens (tertiary/aromatic N) is 2. The third-order valence-electron chi connectivity index (χ3n) is 7.42. The first-order valence-corrected chi connectivity index (χ1v) is 12.1. The summed E-state index contributed by atoms with van der Waals surface area (Å²) < 4.78 is 81.9. The number of benzene rings is 2. The van der Waals surface area contributed by atoms with Gasteiger partial charge in [0, 0.05) is 18.3 Å². The van der Waals surface area contributed by atoms with E-state index in [1.807, 2.05) is 13.8 Å². The van der Waals surface area contributed by atoms with Crippen LogP contribution in [-0.4, -0.2) is 21.7 Å². The molecule has 1 aliphatic rings. The lowest BCUT2D eigenvalue weighted by Crippen LogP contribution is -2.36. The van der Waals surface area contributed by atoms with Gasteiger partial charge in [-0.3, -0.25) is 4.79 Å². The second kappa shape index (κ2) is 9.87. The van der Waals surface area contributed by atoms with Crippen molar-refractivity contribution in [2.24, 2.45) is 0 Å². The number of aromatic nitrogens is 2. The van der Waals surface area contributed by atoms with Crippen LogP contribution in [0.15, 0.2) is 60.8 Å². The number of carbonyl (C=O) groups excluding carboxylic acids is 1. The lowest BCUT2D eigenvalue weighted by molar-refractivity contribution is -0.173. The van der Waals surface area contributed by atoms with Crippen LogP contribution in [0.25, 0.3) is 0 Å². The Hall–Kier alpha value is -3.30. The standard InChI is InChI=1S/C27H27F6N3O/c1-3-25(4-2,18-10-12-19(13-11-18)26(28,29)30)15-22(37)20-16-34-36-23(27(31,32)33)14-21(35-24(20)36)17-8-6-5-7-9-17/h5-13,16,21,23,35H,3-4,14-15H2,1-2H3. The molecule has 0 bridgehead atoms. The zero-order valence-electron chi connectivity index (χ0n) is 20.3. The van der Waals surface area contributed by atoms with Crippen molar-refractivity contribution in [3.8, 4) is 0 Å². The van der Waals surface area contributed by atoms with E-state index in [0.29, 0.717) is 24.0 Å². The molecule has 198 valence electrons. The smallest absolute Gasteiger partial charge is 0.363 e. The number of nitrogens with one attached hydrogen (secondary N) is 1. The van der Waals surface area contributed by atoms with Gasteiger partial charge in [-0.15, -0.1) is 0 Å². The molecule has 4 nitrogen and oxygen atoms in total. The van der Waals surface area contributed by atoms with E-state index >= 15 is 0 Å². The maximum absolute atomic E-state index is 14.0. The van der Waals surface area contributed by atoms with Crippen LogP contribution in [0.1, 0.15) is 78.7 Å². The molecule has 2 unspecified atom stereocenters. The Morgan fingerprint density at radius 1 is 0.946 bits per heavy atom. The van der Waals surface area contributed by atoms with Gasteiger partial charge in [-0.2, -0.15) is 31.4 Å². The molecule has 1 aliphatic heterocycles. The van der Waals surface area contributed by atoms with E-state index in [9.17, 15) is 31.1 Å². The molecule has 10 heteroatoms. The van der Waals surface area contributed by atoms with Crippen molar-refractivity contribution in [3.63, 3.8) is 0 Å². The number of hydrogen-bond donors (Lipinski definition) is 1. The van der Waals surface area contributed by atoms with Gasteiger partial charge in [0.25, 0.3) is 0 Å². The molecule has 1 aromatic heterocycles. The van der Waals surface area contributed by atoms with Crippen molar-refractivity contribution >= 4 is 11.6 Å². The minimum Gasteiger partial charge on any atom is -0.363 e. The second-order valence-corrected chi connectivity index (χ2v) is 9.41. The molecule has 2 heterocycles. The number of anilines is 1. The molecule has 0 radical (unpaired) electrons. The normalized spacial score (nSPS) is 18.3. The van der Waals surface area contributed by atoms with Gasteiger partial charge in [-0.05, 0) is 36.1 Å². The molecule has 0 saturated carbocycles. The Morgan fingerprint density at radius 3 is 2.08 bits per heavy atom. The van der Waals surface area contributed by atoms with E-state index < -0.39 is 41.2 Å². The molecule has 3 aromatic rings. The lowest BCUT2D eigenvalue weighted by Gasteiger charge is -2.35. The van der Waals surface area contributed by atoms with Gasteiger partial charge in [-0.1, -0.05) is 56.3 Å². The van der Waals surface area contributed by atoms with Gasteiger partial charge in [0.15, 0.2) is 11.8 Å². The number of alkyl halides is 6. The zero-order chi connectivity index (χ0) is 27.0. The quantitative estimate of drug-likeness (QED) is 0.253. The summed E-state index contributed by atoms with van der Waals surface area (Å²) >= 11 is 0. The predicted octanol–water partition coefficient (Wildman–Crippen LogP) is 7.89. The Balaban J connectivity index is 1.68. The van der Waals surface area contributed by atoms with E-state index in [0.717, 1.165) is 23.0 Å². The molecule has 2 atom stereocenters. The first kappa shape index (κ1) is 26.8. The number of ketones is 1. The monoisotopic (exact) mass is 523 g/mol. The van der Waals surface area contributed by atoms with Gasteiger partial charge in [0.1, 0.15) is 5.82 Å². The summed E-state index contributed by atoms with van der Waals surface area (Å²) in [7, 11) is 0. The van der Waals surface area contributed by atoms with Crippen LogP contribution >= 0.6 is 0 Å². The van der Waals surface area contributed by atoms with Crippen LogP contribution in [-0.2, 0) is 11.6 Å². The van der Waals surface area contributed by atoms with Crippen molar-refractivity contribution in [1.29, 1.82) is 0 Å². The molecule has 0 spiro atoms. The molecule has 0 saturated heterocycles. The third-order valence-corrected chi connectivity index (χ3v) is 7.42. The summed E-state index contributed by atoms with van der Waals surface area (Å²) in [4.78, 5) is 13.6. The summed E-state index contributed by atoms with van der Waals surface area (Å²) in [6.45, 7) is 3.68. The number of Topliss-reactive ketones (excluding diaryl/α,β-unsaturated/α-hetero) is 1. The second-order valence-electron chi connectivity index (χ2n) is 9.41. The van der Waals surface area contributed by atoms with Crippen molar-refractivity contribution < 1.29 is 31.1 Å². The van der Waals surface area contributed by atoms with Crippen molar-refractivity contribution in [2.75, 3.05) is 5.32 Å². The molecule has 37 heavy (non-hydrogen) atoms. The Kier molecular flexibility index (Phi) is 7.14. The van der Waals surface area contributed by atoms with Crippen LogP contribution in [0.4, 0.5) is 32.2 Å². The van der Waals surface area contributed by atoms with Crippen LogP contribution in [0.2, 0.25) is 0 Å². The fourth-order valence-electron chi connectivity index (χ4n) is 5.10. The first-order chi connectivity index (χ1) is 17.4. The van der Waals surface area contributed by atoms with Gasteiger partial charge in [0.05, 0.1) is 23.4 Å². The van der Waals surface area contributed by atoms with Crippen LogP contribution < -0.4 is 5.32 Å². The summed E-state index contributed by atoms with van der Waals surface area (Å²) in [6, 6.07) is 10.8. The van der Waals surface area contributed by atoms with Crippen LogP contribution in [0.5, 0.6) is 0 Å². The molecular formula is C27H27F6N3O. The maximum Gasteiger partial charge on any atom is 0.416 e. The molecule has 2 aromatic carbocycles. The Morgan fingerprint density at radius 2 is 1.54 bits per heavy atom. The average Bonchev–Trinajstić information content (AvgIpc) is 3.30. The summed E-state index contributed by atoms with van der Waals surface area (Å²) in [5, 5.41) is 7.02. The SMILES string of the molecule is CCC(CC)(CC(=O)c1cnn2c1NC(c1ccccc1)CC2C(F)(F)F)c1ccc(C(F)(F)F)cc1. The first-order valence-electron chi connectivity index (χ1n) is 12.1. The van der Waals surface area contributed by atoms with E-state index in [1.54, 1.807) is 30.3 Å². The van der Waals surface area contributed by atoms with E-state index in [-0.39, 0.29) is 24.2 Å². The van der Waals surface area contributed by atoms with Gasteiger partial charge in [-0.25, -0.2) is 4.68 Å². The van der Waals surface area contributed by atoms with Gasteiger partial charge >= 0.3 is 12.4 Å². The highest BCUT2D eigenvalue weighted by atomic mass is 19.4. The van der Waals surface area contributed by atoms with E-state index in [2.05, 4.69) is 10.4 Å². The lowest BCUT2D eigenvalue weighted by atomic mass is 9.71. The van der Waals surface area contributed by atoms with Gasteiger partial charge in [0.2, 0.25) is 0 Å². The number of fused-ring (bicyclic) bond motifs is 1.